The van der Waals surface area contributed by atoms with Gasteiger partial charge in [0.2, 0.25) is 5.91 Å². The first kappa shape index (κ1) is 14.0. The quantitative estimate of drug-likeness (QED) is 0.573. The van der Waals surface area contributed by atoms with Gasteiger partial charge in [-0.25, -0.2) is 0 Å². The first-order valence-corrected chi connectivity index (χ1v) is 6.63. The molecule has 1 aromatic rings. The smallest absolute Gasteiger partial charge is 0.238 e. The molecule has 0 aromatic heterocycles. The molecule has 4 nitrogen and oxygen atoms in total. The fourth-order valence-corrected chi connectivity index (χ4v) is 1.87. The maximum Gasteiger partial charge on any atom is 0.238 e. The molecule has 17 heavy (non-hydrogen) atoms. The monoisotopic (exact) mass is 254 g/mol. The number of carbonyl (C=O) groups excluding carboxylic acids is 1. The van der Waals surface area contributed by atoms with Crippen molar-refractivity contribution in [2.75, 3.05) is 38.4 Å². The molecule has 0 atom stereocenters. The maximum absolute atomic E-state index is 11.6. The van der Waals surface area contributed by atoms with E-state index in [0.717, 1.165) is 10.6 Å². The molecule has 0 aliphatic carbocycles. The first-order chi connectivity index (χ1) is 8.27. The van der Waals surface area contributed by atoms with E-state index in [1.165, 1.54) is 0 Å². The van der Waals surface area contributed by atoms with E-state index in [-0.39, 0.29) is 5.91 Å². The van der Waals surface area contributed by atoms with Crippen LogP contribution in [0.5, 0.6) is 0 Å². The minimum Gasteiger partial charge on any atom is -0.383 e. The number of anilines is 1. The summed E-state index contributed by atoms with van der Waals surface area (Å²) in [5.41, 5.74) is 0.860. The number of benzene rings is 1. The molecule has 94 valence electrons. The van der Waals surface area contributed by atoms with E-state index in [1.807, 2.05) is 30.5 Å². The lowest BCUT2D eigenvalue weighted by atomic mass is 10.3. The molecule has 0 heterocycles. The zero-order valence-electron chi connectivity index (χ0n) is 10.2. The van der Waals surface area contributed by atoms with E-state index >= 15 is 0 Å². The summed E-state index contributed by atoms with van der Waals surface area (Å²) in [5.74, 6) is -0.0393. The van der Waals surface area contributed by atoms with E-state index in [9.17, 15) is 4.79 Å². The highest BCUT2D eigenvalue weighted by Crippen LogP contribution is 2.24. The van der Waals surface area contributed by atoms with Crippen LogP contribution in [-0.4, -0.2) is 39.0 Å². The zero-order chi connectivity index (χ0) is 12.5. The van der Waals surface area contributed by atoms with Crippen molar-refractivity contribution in [3.8, 4) is 0 Å². The van der Waals surface area contributed by atoms with Crippen LogP contribution in [0.25, 0.3) is 0 Å². The Balaban J connectivity index is 2.39. The van der Waals surface area contributed by atoms with Crippen LogP contribution in [0.2, 0.25) is 0 Å². The molecule has 5 heteroatoms. The summed E-state index contributed by atoms with van der Waals surface area (Å²) in [5, 5.41) is 5.88. The maximum atomic E-state index is 11.6. The number of nitrogens with one attached hydrogen (secondary N) is 2. The summed E-state index contributed by atoms with van der Waals surface area (Å²) in [6.07, 6.45) is 1.99. The van der Waals surface area contributed by atoms with E-state index in [2.05, 4.69) is 10.6 Å². The molecule has 0 bridgehead atoms. The summed E-state index contributed by atoms with van der Waals surface area (Å²) in [6, 6.07) is 7.75. The van der Waals surface area contributed by atoms with E-state index in [1.54, 1.807) is 18.9 Å². The summed E-state index contributed by atoms with van der Waals surface area (Å²) < 4.78 is 4.88. The van der Waals surface area contributed by atoms with Crippen LogP contribution in [0.1, 0.15) is 0 Å². The predicted molar refractivity (Wildman–Crippen MR) is 71.6 cm³/mol. The Morgan fingerprint density at radius 3 is 2.88 bits per heavy atom. The minimum atomic E-state index is -0.0393. The second kappa shape index (κ2) is 8.11. The number of rotatable bonds is 7. The van der Waals surface area contributed by atoms with Gasteiger partial charge in [-0.1, -0.05) is 12.1 Å². The van der Waals surface area contributed by atoms with Crippen LogP contribution in [-0.2, 0) is 9.53 Å². The zero-order valence-corrected chi connectivity index (χ0v) is 11.0. The lowest BCUT2D eigenvalue weighted by Gasteiger charge is -2.09. The van der Waals surface area contributed by atoms with Gasteiger partial charge >= 0.3 is 0 Å². The van der Waals surface area contributed by atoms with Gasteiger partial charge in [-0.15, -0.1) is 11.8 Å². The van der Waals surface area contributed by atoms with Crippen molar-refractivity contribution in [3.63, 3.8) is 0 Å². The van der Waals surface area contributed by atoms with Crippen LogP contribution in [0.4, 0.5) is 5.69 Å². The fraction of sp³-hybridized carbons (Fsp3) is 0.417. The molecule has 0 spiro atoms. The Morgan fingerprint density at radius 2 is 2.18 bits per heavy atom. The molecule has 0 aliphatic rings. The molecule has 1 amide bonds. The van der Waals surface area contributed by atoms with Gasteiger partial charge in [0, 0.05) is 18.6 Å². The van der Waals surface area contributed by atoms with Gasteiger partial charge in [0.05, 0.1) is 18.8 Å². The number of ether oxygens (including phenoxy) is 1. The van der Waals surface area contributed by atoms with Gasteiger partial charge in [0.15, 0.2) is 0 Å². The van der Waals surface area contributed by atoms with Crippen molar-refractivity contribution in [2.45, 2.75) is 4.90 Å². The van der Waals surface area contributed by atoms with Crippen molar-refractivity contribution in [2.24, 2.45) is 0 Å². The van der Waals surface area contributed by atoms with Gasteiger partial charge in [0.25, 0.3) is 0 Å². The number of para-hydroxylation sites is 1. The van der Waals surface area contributed by atoms with Crippen LogP contribution in [0.15, 0.2) is 29.2 Å². The van der Waals surface area contributed by atoms with E-state index in [0.29, 0.717) is 19.7 Å². The number of hydrogen-bond donors (Lipinski definition) is 2. The van der Waals surface area contributed by atoms with Crippen molar-refractivity contribution in [1.82, 2.24) is 5.32 Å². The van der Waals surface area contributed by atoms with Gasteiger partial charge in [-0.05, 0) is 18.4 Å². The Kier molecular flexibility index (Phi) is 6.69. The SMILES string of the molecule is COCCNCC(=O)Nc1ccccc1SC. The average Bonchev–Trinajstić information content (AvgIpc) is 2.35. The predicted octanol–water partition coefficient (Wildman–Crippen LogP) is 1.58. The molecule has 1 rings (SSSR count). The highest BCUT2D eigenvalue weighted by atomic mass is 32.2. The number of thioether (sulfide) groups is 1. The third kappa shape index (κ3) is 5.21. The van der Waals surface area contributed by atoms with Gasteiger partial charge in [-0.2, -0.15) is 0 Å². The normalized spacial score (nSPS) is 10.2. The van der Waals surface area contributed by atoms with Crippen LogP contribution >= 0.6 is 11.8 Å². The first-order valence-electron chi connectivity index (χ1n) is 5.40. The minimum absolute atomic E-state index is 0.0393. The second-order valence-corrected chi connectivity index (χ2v) is 4.27. The van der Waals surface area contributed by atoms with Gasteiger partial charge in [-0.3, -0.25) is 4.79 Å². The van der Waals surface area contributed by atoms with Crippen molar-refractivity contribution < 1.29 is 9.53 Å². The molecule has 1 aromatic carbocycles. The lowest BCUT2D eigenvalue weighted by molar-refractivity contribution is -0.115. The molecule has 0 aliphatic heterocycles. The molecule has 0 unspecified atom stereocenters. The molecule has 0 saturated carbocycles. The Morgan fingerprint density at radius 1 is 1.41 bits per heavy atom. The number of methoxy groups -OCH3 is 1. The third-order valence-corrected chi connectivity index (χ3v) is 2.95. The van der Waals surface area contributed by atoms with E-state index in [4.69, 9.17) is 4.74 Å². The molecule has 0 radical (unpaired) electrons. The van der Waals surface area contributed by atoms with Crippen molar-refractivity contribution in [3.05, 3.63) is 24.3 Å². The highest BCUT2D eigenvalue weighted by Gasteiger charge is 2.04. The molecule has 2 N–H and O–H groups in total. The Labute approximate surface area is 106 Å². The Bertz CT molecular complexity index is 358. The van der Waals surface area contributed by atoms with E-state index < -0.39 is 0 Å². The summed E-state index contributed by atoms with van der Waals surface area (Å²) in [7, 11) is 1.64. The lowest BCUT2D eigenvalue weighted by Crippen LogP contribution is -2.30. The number of hydrogen-bond acceptors (Lipinski definition) is 4. The largest absolute Gasteiger partial charge is 0.383 e. The van der Waals surface area contributed by atoms with Gasteiger partial charge in [0.1, 0.15) is 0 Å². The summed E-state index contributed by atoms with van der Waals surface area (Å²) in [6.45, 7) is 1.58. The van der Waals surface area contributed by atoms with Crippen LogP contribution in [0, 0.1) is 0 Å². The van der Waals surface area contributed by atoms with Gasteiger partial charge < -0.3 is 15.4 Å². The Hall–Kier alpha value is -1.04. The number of amides is 1. The summed E-state index contributed by atoms with van der Waals surface area (Å²) >= 11 is 1.61. The summed E-state index contributed by atoms with van der Waals surface area (Å²) in [4.78, 5) is 12.7. The van der Waals surface area contributed by atoms with Crippen molar-refractivity contribution >= 4 is 23.4 Å². The molecule has 0 fully saturated rings. The molecular weight excluding hydrogens is 236 g/mol. The third-order valence-electron chi connectivity index (χ3n) is 2.15. The topological polar surface area (TPSA) is 50.4 Å². The number of carbonyl (C=O) groups is 1. The van der Waals surface area contributed by atoms with Crippen molar-refractivity contribution in [1.29, 1.82) is 0 Å². The standard InChI is InChI=1S/C12H18N2O2S/c1-16-8-7-13-9-12(15)14-10-5-3-4-6-11(10)17-2/h3-6,13H,7-9H2,1-2H3,(H,14,15). The molecular formula is C12H18N2O2S. The average molecular weight is 254 g/mol. The fourth-order valence-electron chi connectivity index (χ4n) is 1.32. The van der Waals surface area contributed by atoms with Crippen LogP contribution in [0.3, 0.4) is 0 Å². The second-order valence-electron chi connectivity index (χ2n) is 3.42. The van der Waals surface area contributed by atoms with Crippen LogP contribution < -0.4 is 10.6 Å². The molecule has 0 saturated heterocycles. The highest BCUT2D eigenvalue weighted by molar-refractivity contribution is 7.98.